The minimum absolute atomic E-state index is 0.0494. The zero-order valence-corrected chi connectivity index (χ0v) is 12.5. The Morgan fingerprint density at radius 3 is 2.52 bits per heavy atom. The van der Waals surface area contributed by atoms with Crippen LogP contribution in [0.1, 0.15) is 11.1 Å². The first-order chi connectivity index (χ1) is 11.0. The van der Waals surface area contributed by atoms with E-state index in [1.54, 1.807) is 6.07 Å². The number of nitrogens with one attached hydrogen (secondary N) is 1. The van der Waals surface area contributed by atoms with Crippen LogP contribution >= 0.6 is 0 Å². The molecule has 0 spiro atoms. The largest absolute Gasteiger partial charge is 0.486 e. The van der Waals surface area contributed by atoms with Crippen LogP contribution in [-0.2, 0) is 11.2 Å². The van der Waals surface area contributed by atoms with Gasteiger partial charge in [0, 0.05) is 6.07 Å². The lowest BCUT2D eigenvalue weighted by molar-refractivity contribution is -0.115. The number of hydrogen-bond acceptors (Lipinski definition) is 3. The smallest absolute Gasteiger partial charge is 0.228 e. The zero-order chi connectivity index (χ0) is 16.4. The van der Waals surface area contributed by atoms with Crippen molar-refractivity contribution in [3.05, 3.63) is 53.1 Å². The van der Waals surface area contributed by atoms with Crippen molar-refractivity contribution < 1.29 is 23.0 Å². The second kappa shape index (κ2) is 6.24. The Kier molecular flexibility index (Phi) is 4.14. The monoisotopic (exact) mass is 319 g/mol. The number of aryl methyl sites for hydroxylation is 1. The Labute approximate surface area is 132 Å². The van der Waals surface area contributed by atoms with Crippen LogP contribution in [-0.4, -0.2) is 19.1 Å². The molecule has 6 heteroatoms. The maximum Gasteiger partial charge on any atom is 0.228 e. The zero-order valence-electron chi connectivity index (χ0n) is 12.5. The fourth-order valence-electron chi connectivity index (χ4n) is 2.38. The summed E-state index contributed by atoms with van der Waals surface area (Å²) in [6.45, 7) is 2.82. The number of carbonyl (C=O) groups is 1. The molecule has 0 fully saturated rings. The summed E-state index contributed by atoms with van der Waals surface area (Å²) in [7, 11) is 0. The van der Waals surface area contributed by atoms with Gasteiger partial charge in [-0.15, -0.1) is 0 Å². The van der Waals surface area contributed by atoms with Crippen molar-refractivity contribution in [3.63, 3.8) is 0 Å². The van der Waals surface area contributed by atoms with E-state index in [0.717, 1.165) is 23.3 Å². The van der Waals surface area contributed by atoms with Crippen molar-refractivity contribution in [2.75, 3.05) is 18.5 Å². The van der Waals surface area contributed by atoms with Crippen LogP contribution in [0.2, 0.25) is 0 Å². The van der Waals surface area contributed by atoms with Gasteiger partial charge in [-0.25, -0.2) is 8.78 Å². The Balaban J connectivity index is 1.75. The van der Waals surface area contributed by atoms with Gasteiger partial charge in [0.25, 0.3) is 0 Å². The highest BCUT2D eigenvalue weighted by Crippen LogP contribution is 2.33. The molecule has 2 aromatic rings. The summed E-state index contributed by atoms with van der Waals surface area (Å²) in [5, 5.41) is 2.44. The molecule has 0 bridgehead atoms. The van der Waals surface area contributed by atoms with Crippen molar-refractivity contribution in [2.45, 2.75) is 13.3 Å². The molecule has 1 aliphatic heterocycles. The second-order valence-corrected chi connectivity index (χ2v) is 5.27. The average molecular weight is 319 g/mol. The molecule has 23 heavy (non-hydrogen) atoms. The number of fused-ring (bicyclic) bond motifs is 1. The standard InChI is InChI=1S/C17H15F2NO3/c1-10-6-15-16(23-5-4-22-15)7-11(10)8-17(21)20-14-3-2-12(18)9-13(14)19/h2-3,6-7,9H,4-5,8H2,1H3,(H,20,21). The first-order valence-electron chi connectivity index (χ1n) is 7.17. The molecule has 0 radical (unpaired) electrons. The molecular formula is C17H15F2NO3. The highest BCUT2D eigenvalue weighted by atomic mass is 19.1. The van der Waals surface area contributed by atoms with Gasteiger partial charge in [0.15, 0.2) is 11.5 Å². The number of halogens is 2. The fraction of sp³-hybridized carbons (Fsp3) is 0.235. The fourth-order valence-corrected chi connectivity index (χ4v) is 2.38. The van der Waals surface area contributed by atoms with E-state index < -0.39 is 17.5 Å². The summed E-state index contributed by atoms with van der Waals surface area (Å²) in [4.78, 5) is 12.1. The molecule has 120 valence electrons. The molecule has 3 rings (SSSR count). The first-order valence-corrected chi connectivity index (χ1v) is 7.17. The third-order valence-electron chi connectivity index (χ3n) is 3.56. The minimum atomic E-state index is -0.808. The number of amides is 1. The van der Waals surface area contributed by atoms with Gasteiger partial charge in [-0.2, -0.15) is 0 Å². The molecule has 0 aliphatic carbocycles. The number of hydrogen-bond donors (Lipinski definition) is 1. The van der Waals surface area contributed by atoms with Crippen molar-refractivity contribution in [1.29, 1.82) is 0 Å². The summed E-state index contributed by atoms with van der Waals surface area (Å²) in [5.41, 5.74) is 1.59. The number of benzene rings is 2. The summed E-state index contributed by atoms with van der Waals surface area (Å²) in [5.74, 6) is -0.643. The van der Waals surface area contributed by atoms with Crippen molar-refractivity contribution in [1.82, 2.24) is 0 Å². The van der Waals surface area contributed by atoms with Crippen LogP contribution in [0.4, 0.5) is 14.5 Å². The number of anilines is 1. The SMILES string of the molecule is Cc1cc2c(cc1CC(=O)Nc1ccc(F)cc1F)OCCO2. The van der Waals surface area contributed by atoms with Crippen molar-refractivity contribution >= 4 is 11.6 Å². The van der Waals surface area contributed by atoms with Gasteiger partial charge < -0.3 is 14.8 Å². The van der Waals surface area contributed by atoms with Crippen LogP contribution in [0.5, 0.6) is 11.5 Å². The Bertz CT molecular complexity index is 762. The average Bonchev–Trinajstić information content (AvgIpc) is 2.51. The van der Waals surface area contributed by atoms with Crippen LogP contribution < -0.4 is 14.8 Å². The van der Waals surface area contributed by atoms with Crippen LogP contribution in [0.3, 0.4) is 0 Å². The molecule has 0 saturated heterocycles. The van der Waals surface area contributed by atoms with Gasteiger partial charge in [0.2, 0.25) is 5.91 Å². The molecule has 2 aromatic carbocycles. The predicted octanol–water partition coefficient (Wildman–Crippen LogP) is 3.23. The molecule has 1 aliphatic rings. The number of rotatable bonds is 3. The van der Waals surface area contributed by atoms with E-state index in [1.165, 1.54) is 6.07 Å². The molecule has 1 N–H and O–H groups in total. The van der Waals surface area contributed by atoms with E-state index >= 15 is 0 Å². The van der Waals surface area contributed by atoms with E-state index in [4.69, 9.17) is 9.47 Å². The molecule has 4 nitrogen and oxygen atoms in total. The lowest BCUT2D eigenvalue weighted by atomic mass is 10.0. The van der Waals surface area contributed by atoms with E-state index in [9.17, 15) is 13.6 Å². The third-order valence-corrected chi connectivity index (χ3v) is 3.56. The van der Waals surface area contributed by atoms with E-state index in [1.807, 2.05) is 13.0 Å². The van der Waals surface area contributed by atoms with Crippen LogP contribution in [0.25, 0.3) is 0 Å². The number of carbonyl (C=O) groups excluding carboxylic acids is 1. The Morgan fingerprint density at radius 2 is 1.83 bits per heavy atom. The summed E-state index contributed by atoms with van der Waals surface area (Å²) >= 11 is 0. The van der Waals surface area contributed by atoms with Crippen LogP contribution in [0, 0.1) is 18.6 Å². The van der Waals surface area contributed by atoms with Crippen molar-refractivity contribution in [3.8, 4) is 11.5 Å². The maximum atomic E-state index is 13.6. The molecule has 1 heterocycles. The molecular weight excluding hydrogens is 304 g/mol. The highest BCUT2D eigenvalue weighted by molar-refractivity contribution is 5.92. The normalized spacial score (nSPS) is 12.8. The minimum Gasteiger partial charge on any atom is -0.486 e. The topological polar surface area (TPSA) is 47.6 Å². The maximum absolute atomic E-state index is 13.6. The Morgan fingerprint density at radius 1 is 1.13 bits per heavy atom. The first kappa shape index (κ1) is 15.3. The van der Waals surface area contributed by atoms with Crippen molar-refractivity contribution in [2.24, 2.45) is 0 Å². The van der Waals surface area contributed by atoms with Gasteiger partial charge >= 0.3 is 0 Å². The van der Waals surface area contributed by atoms with E-state index in [-0.39, 0.29) is 12.1 Å². The van der Waals surface area contributed by atoms with Crippen LogP contribution in [0.15, 0.2) is 30.3 Å². The third kappa shape index (κ3) is 3.41. The summed E-state index contributed by atoms with van der Waals surface area (Å²) < 4.78 is 37.4. The highest BCUT2D eigenvalue weighted by Gasteiger charge is 2.16. The lowest BCUT2D eigenvalue weighted by Gasteiger charge is -2.20. The lowest BCUT2D eigenvalue weighted by Crippen LogP contribution is -2.18. The van der Waals surface area contributed by atoms with E-state index in [0.29, 0.717) is 24.7 Å². The molecule has 0 aromatic heterocycles. The molecule has 0 saturated carbocycles. The summed E-state index contributed by atoms with van der Waals surface area (Å²) in [6.07, 6.45) is 0.0549. The number of ether oxygens (including phenoxy) is 2. The van der Waals surface area contributed by atoms with Gasteiger partial charge in [-0.05, 0) is 42.3 Å². The Hall–Kier alpha value is -2.63. The second-order valence-electron chi connectivity index (χ2n) is 5.27. The molecule has 1 amide bonds. The van der Waals surface area contributed by atoms with Gasteiger partial charge in [0.05, 0.1) is 12.1 Å². The molecule has 0 atom stereocenters. The van der Waals surface area contributed by atoms with E-state index in [2.05, 4.69) is 5.32 Å². The summed E-state index contributed by atoms with van der Waals surface area (Å²) in [6, 6.07) is 6.58. The molecule has 0 unspecified atom stereocenters. The van der Waals surface area contributed by atoms with Gasteiger partial charge in [-0.1, -0.05) is 0 Å². The quantitative estimate of drug-likeness (QED) is 0.945. The predicted molar refractivity (Wildman–Crippen MR) is 80.9 cm³/mol. The van der Waals surface area contributed by atoms with Gasteiger partial charge in [-0.3, -0.25) is 4.79 Å². The van der Waals surface area contributed by atoms with Gasteiger partial charge in [0.1, 0.15) is 24.8 Å².